The number of allylic oxidation sites excluding steroid dienone is 22. The highest BCUT2D eigenvalue weighted by molar-refractivity contribution is 5.71. The topological polar surface area (TPSA) is 78.9 Å². The normalized spacial score (nSPS) is 13.0. The Labute approximate surface area is 487 Å². The molecule has 0 rings (SSSR count). The molecule has 0 amide bonds. The maximum atomic E-state index is 12.8. The number of unbranched alkanes of at least 4 members (excludes halogenated alkanes) is 25. The Morgan fingerprint density at radius 2 is 0.494 bits per heavy atom. The molecular weight excluding hydrogens is 973 g/mol. The van der Waals surface area contributed by atoms with Crippen molar-refractivity contribution in [3.63, 3.8) is 0 Å². The quantitative estimate of drug-likeness (QED) is 0.0261. The van der Waals surface area contributed by atoms with E-state index in [-0.39, 0.29) is 31.1 Å². The van der Waals surface area contributed by atoms with E-state index in [1.165, 1.54) is 109 Å². The molecule has 0 bridgehead atoms. The van der Waals surface area contributed by atoms with Crippen molar-refractivity contribution in [3.8, 4) is 0 Å². The molecule has 79 heavy (non-hydrogen) atoms. The van der Waals surface area contributed by atoms with Crippen LogP contribution in [0.1, 0.15) is 290 Å². The summed E-state index contributed by atoms with van der Waals surface area (Å²) in [5.74, 6) is -0.907. The molecule has 1 unspecified atom stereocenters. The van der Waals surface area contributed by atoms with Crippen molar-refractivity contribution >= 4 is 17.9 Å². The van der Waals surface area contributed by atoms with Gasteiger partial charge in [-0.1, -0.05) is 289 Å². The average molecular weight is 1090 g/mol. The van der Waals surface area contributed by atoms with Gasteiger partial charge in [0.2, 0.25) is 0 Å². The average Bonchev–Trinajstić information content (AvgIpc) is 3.45. The van der Waals surface area contributed by atoms with E-state index in [4.69, 9.17) is 14.2 Å². The van der Waals surface area contributed by atoms with Crippen LogP contribution < -0.4 is 0 Å². The molecule has 0 heterocycles. The molecule has 6 nitrogen and oxygen atoms in total. The number of ether oxygens (including phenoxy) is 3. The van der Waals surface area contributed by atoms with E-state index < -0.39 is 6.10 Å². The summed E-state index contributed by atoms with van der Waals surface area (Å²) in [4.78, 5) is 38.0. The Hall–Kier alpha value is -4.45. The van der Waals surface area contributed by atoms with Gasteiger partial charge in [-0.15, -0.1) is 0 Å². The second kappa shape index (κ2) is 66.1. The maximum Gasteiger partial charge on any atom is 0.306 e. The molecule has 0 aliphatic rings. The van der Waals surface area contributed by atoms with Crippen LogP contribution in [0.2, 0.25) is 0 Å². The molecule has 448 valence electrons. The molecule has 6 heteroatoms. The van der Waals surface area contributed by atoms with Crippen LogP contribution in [-0.2, 0) is 28.6 Å². The second-order valence-electron chi connectivity index (χ2n) is 21.3. The molecule has 0 spiro atoms. The lowest BCUT2D eigenvalue weighted by Crippen LogP contribution is -2.30. The SMILES string of the molecule is CC/C=C\C/C=C\C/C=C\C/C=C\C/C=C\C/C=C\CCCCCCCCCCCCCCCCC(=O)OCC(COC(=O)CCCCCCC)OC(=O)CCCCCCCCC/C=C\C/C=C\C/C=C\C/C=C\C/C=C\CC. The minimum atomic E-state index is -0.784. The summed E-state index contributed by atoms with van der Waals surface area (Å²) in [6.07, 6.45) is 93.7. The largest absolute Gasteiger partial charge is 0.462 e. The zero-order chi connectivity index (χ0) is 57.1. The summed E-state index contributed by atoms with van der Waals surface area (Å²) in [7, 11) is 0. The molecule has 0 fully saturated rings. The maximum absolute atomic E-state index is 12.8. The van der Waals surface area contributed by atoms with Crippen LogP contribution in [0.15, 0.2) is 134 Å². The van der Waals surface area contributed by atoms with Gasteiger partial charge in [-0.2, -0.15) is 0 Å². The predicted molar refractivity (Wildman–Crippen MR) is 343 cm³/mol. The summed E-state index contributed by atoms with van der Waals surface area (Å²) in [5.41, 5.74) is 0. The van der Waals surface area contributed by atoms with E-state index >= 15 is 0 Å². The lowest BCUT2D eigenvalue weighted by Gasteiger charge is -2.18. The lowest BCUT2D eigenvalue weighted by atomic mass is 10.0. The van der Waals surface area contributed by atoms with E-state index in [0.717, 1.165) is 141 Å². The summed E-state index contributed by atoms with van der Waals surface area (Å²) in [5, 5.41) is 0. The summed E-state index contributed by atoms with van der Waals surface area (Å²) < 4.78 is 16.8. The highest BCUT2D eigenvalue weighted by Gasteiger charge is 2.19. The summed E-state index contributed by atoms with van der Waals surface area (Å²) in [6, 6.07) is 0. The molecular formula is C73H120O6. The van der Waals surface area contributed by atoms with Crippen molar-refractivity contribution in [2.75, 3.05) is 13.2 Å². The van der Waals surface area contributed by atoms with Gasteiger partial charge in [0.1, 0.15) is 13.2 Å². The van der Waals surface area contributed by atoms with E-state index in [1.54, 1.807) is 0 Å². The van der Waals surface area contributed by atoms with E-state index in [0.29, 0.717) is 19.3 Å². The van der Waals surface area contributed by atoms with Crippen molar-refractivity contribution in [2.45, 2.75) is 297 Å². The van der Waals surface area contributed by atoms with Crippen LogP contribution in [0.5, 0.6) is 0 Å². The zero-order valence-electron chi connectivity index (χ0n) is 51.3. The van der Waals surface area contributed by atoms with Crippen LogP contribution in [0.3, 0.4) is 0 Å². The Morgan fingerprint density at radius 3 is 0.772 bits per heavy atom. The Balaban J connectivity index is 4.04. The van der Waals surface area contributed by atoms with Gasteiger partial charge in [0.25, 0.3) is 0 Å². The molecule has 0 saturated carbocycles. The first-order chi connectivity index (χ1) is 39.0. The van der Waals surface area contributed by atoms with Gasteiger partial charge in [-0.25, -0.2) is 0 Å². The highest BCUT2D eigenvalue weighted by Crippen LogP contribution is 2.16. The number of hydrogen-bond donors (Lipinski definition) is 0. The predicted octanol–water partition coefficient (Wildman–Crippen LogP) is 22.5. The molecule has 0 aromatic carbocycles. The lowest BCUT2D eigenvalue weighted by molar-refractivity contribution is -0.167. The summed E-state index contributed by atoms with van der Waals surface area (Å²) in [6.45, 7) is 6.33. The molecule has 0 radical (unpaired) electrons. The molecule has 0 aromatic heterocycles. The minimum Gasteiger partial charge on any atom is -0.462 e. The Bertz CT molecular complexity index is 1680. The monoisotopic (exact) mass is 1090 g/mol. The van der Waals surface area contributed by atoms with Gasteiger partial charge in [0, 0.05) is 19.3 Å². The first kappa shape index (κ1) is 74.5. The van der Waals surface area contributed by atoms with E-state index in [1.807, 2.05) is 0 Å². The molecule has 0 N–H and O–H groups in total. The summed E-state index contributed by atoms with van der Waals surface area (Å²) >= 11 is 0. The van der Waals surface area contributed by atoms with Crippen molar-refractivity contribution in [1.82, 2.24) is 0 Å². The fourth-order valence-electron chi connectivity index (χ4n) is 8.83. The van der Waals surface area contributed by atoms with Crippen molar-refractivity contribution in [2.24, 2.45) is 0 Å². The van der Waals surface area contributed by atoms with E-state index in [9.17, 15) is 14.4 Å². The fraction of sp³-hybridized carbons (Fsp3) is 0.658. The van der Waals surface area contributed by atoms with Gasteiger partial charge < -0.3 is 14.2 Å². The number of carbonyl (C=O) groups excluding carboxylic acids is 3. The fourth-order valence-corrected chi connectivity index (χ4v) is 8.83. The number of carbonyl (C=O) groups is 3. The zero-order valence-corrected chi connectivity index (χ0v) is 51.3. The van der Waals surface area contributed by atoms with Gasteiger partial charge in [-0.05, 0) is 116 Å². The van der Waals surface area contributed by atoms with Crippen molar-refractivity contribution < 1.29 is 28.6 Å². The van der Waals surface area contributed by atoms with Crippen LogP contribution in [0, 0.1) is 0 Å². The van der Waals surface area contributed by atoms with Crippen LogP contribution in [0.4, 0.5) is 0 Å². The van der Waals surface area contributed by atoms with Crippen LogP contribution in [-0.4, -0.2) is 37.2 Å². The first-order valence-corrected chi connectivity index (χ1v) is 32.7. The molecule has 0 aromatic rings. The Kier molecular flexibility index (Phi) is 62.3. The van der Waals surface area contributed by atoms with Crippen LogP contribution >= 0.6 is 0 Å². The highest BCUT2D eigenvalue weighted by atomic mass is 16.6. The molecule has 0 aliphatic heterocycles. The van der Waals surface area contributed by atoms with E-state index in [2.05, 4.69) is 154 Å². The van der Waals surface area contributed by atoms with Crippen LogP contribution in [0.25, 0.3) is 0 Å². The number of esters is 3. The van der Waals surface area contributed by atoms with Gasteiger partial charge in [0.15, 0.2) is 6.10 Å². The van der Waals surface area contributed by atoms with Gasteiger partial charge >= 0.3 is 17.9 Å². The van der Waals surface area contributed by atoms with Gasteiger partial charge in [0.05, 0.1) is 0 Å². The van der Waals surface area contributed by atoms with Crippen molar-refractivity contribution in [3.05, 3.63) is 134 Å². The Morgan fingerprint density at radius 1 is 0.266 bits per heavy atom. The smallest absolute Gasteiger partial charge is 0.306 e. The third kappa shape index (κ3) is 64.3. The number of rotatable bonds is 58. The molecule has 1 atom stereocenters. The molecule has 0 aliphatic carbocycles. The third-order valence-corrected chi connectivity index (χ3v) is 13.7. The standard InChI is InChI=1S/C73H120O6/c1-4-7-10-13-15-17-19-21-23-25-27-29-31-32-33-34-35-36-37-38-39-40-42-43-45-47-49-51-53-55-57-60-63-66-72(75)78-69-70(68-77-71(74)65-62-59-12-9-6-3)79-73(76)67-64-61-58-56-54-52-50-48-46-44-41-30-28-26-24-22-20-18-16-14-11-8-5-2/h7-8,10-11,15-18,21-24,27-30,32-33,35-36,44,46,70H,4-6,9,12-14,19-20,25-26,31,34,37-43,45,47-69H2,1-3H3/b10-7-,11-8-,17-15-,18-16-,23-21-,24-22-,29-27-,30-28-,33-32-,36-35-,46-44-. The van der Waals surface area contributed by atoms with Crippen molar-refractivity contribution in [1.29, 1.82) is 0 Å². The van der Waals surface area contributed by atoms with Gasteiger partial charge in [-0.3, -0.25) is 14.4 Å². The second-order valence-corrected chi connectivity index (χ2v) is 21.3. The first-order valence-electron chi connectivity index (χ1n) is 32.7. The minimum absolute atomic E-state index is 0.0843. The number of hydrogen-bond acceptors (Lipinski definition) is 6. The molecule has 0 saturated heterocycles. The third-order valence-electron chi connectivity index (χ3n) is 13.7.